The highest BCUT2D eigenvalue weighted by atomic mass is 16.2. The summed E-state index contributed by atoms with van der Waals surface area (Å²) in [6.45, 7) is 9.01. The van der Waals surface area contributed by atoms with Gasteiger partial charge in [-0.15, -0.1) is 0 Å². The molecule has 0 amide bonds. The quantitative estimate of drug-likeness (QED) is 0.737. The molecular weight excluding hydrogens is 318 g/mol. The zero-order chi connectivity index (χ0) is 18.1. The third-order valence-electron chi connectivity index (χ3n) is 5.57. The van der Waals surface area contributed by atoms with Gasteiger partial charge in [-0.1, -0.05) is 20.8 Å². The van der Waals surface area contributed by atoms with E-state index in [0.29, 0.717) is 23.1 Å². The fourth-order valence-electron chi connectivity index (χ4n) is 4.83. The van der Waals surface area contributed by atoms with Crippen LogP contribution in [0.1, 0.15) is 51.8 Å². The Morgan fingerprint density at radius 1 is 1.28 bits per heavy atom. The molecule has 0 aromatic carbocycles. The summed E-state index contributed by atoms with van der Waals surface area (Å²) < 4.78 is 5.48. The molecule has 0 unspecified atom stereocenters. The molecule has 25 heavy (non-hydrogen) atoms. The standard InChI is InChI=1S/C18H25N5O2/c1-10-6-12(8-18(3,4)7-10)23-11(2)9-22-13-14(19-16(22)23)21(5)17(25)20-15(13)24/h9-10,12H,6-8H2,1-5H3,(H,20,24,25)/t10-,12-/m1/s1. The topological polar surface area (TPSA) is 77.1 Å². The lowest BCUT2D eigenvalue weighted by atomic mass is 9.70. The van der Waals surface area contributed by atoms with Crippen LogP contribution < -0.4 is 11.2 Å². The van der Waals surface area contributed by atoms with Crippen LogP contribution in [0.2, 0.25) is 0 Å². The second-order valence-corrected chi connectivity index (χ2v) is 8.48. The Bertz CT molecular complexity index is 1090. The van der Waals surface area contributed by atoms with E-state index in [9.17, 15) is 9.59 Å². The Balaban J connectivity index is 1.99. The minimum Gasteiger partial charge on any atom is -0.311 e. The SMILES string of the molecule is Cc1cn2c3c(=O)[nH]c(=O)n(C)c3nc2n1[C@@H]1C[C@@H](C)CC(C)(C)C1. The number of H-pyrrole nitrogens is 1. The molecule has 1 fully saturated rings. The van der Waals surface area contributed by atoms with E-state index >= 15 is 0 Å². The monoisotopic (exact) mass is 343 g/mol. The molecule has 7 nitrogen and oxygen atoms in total. The maximum absolute atomic E-state index is 12.3. The zero-order valence-corrected chi connectivity index (χ0v) is 15.5. The summed E-state index contributed by atoms with van der Waals surface area (Å²) in [5.74, 6) is 1.39. The summed E-state index contributed by atoms with van der Waals surface area (Å²) in [5, 5.41) is 0. The van der Waals surface area contributed by atoms with Gasteiger partial charge in [0.05, 0.1) is 0 Å². The number of hydrogen-bond acceptors (Lipinski definition) is 3. The van der Waals surface area contributed by atoms with Gasteiger partial charge in [-0.3, -0.25) is 18.7 Å². The van der Waals surface area contributed by atoms with Gasteiger partial charge in [-0.05, 0) is 37.5 Å². The van der Waals surface area contributed by atoms with Crippen molar-refractivity contribution in [1.82, 2.24) is 23.5 Å². The van der Waals surface area contributed by atoms with E-state index in [1.165, 1.54) is 11.0 Å². The maximum Gasteiger partial charge on any atom is 0.329 e. The molecule has 0 aliphatic heterocycles. The first kappa shape index (κ1) is 16.2. The normalized spacial score (nSPS) is 23.6. The lowest BCUT2D eigenvalue weighted by molar-refractivity contribution is 0.138. The fraction of sp³-hybridized carbons (Fsp3) is 0.611. The molecule has 3 aromatic rings. The van der Waals surface area contributed by atoms with Gasteiger partial charge in [0, 0.05) is 25.0 Å². The van der Waals surface area contributed by atoms with Crippen molar-refractivity contribution in [2.75, 3.05) is 0 Å². The van der Waals surface area contributed by atoms with Crippen molar-refractivity contribution in [3.63, 3.8) is 0 Å². The van der Waals surface area contributed by atoms with Crippen molar-refractivity contribution < 1.29 is 0 Å². The van der Waals surface area contributed by atoms with Gasteiger partial charge < -0.3 is 4.57 Å². The predicted molar refractivity (Wildman–Crippen MR) is 97.1 cm³/mol. The number of nitrogens with zero attached hydrogens (tertiary/aromatic N) is 4. The van der Waals surface area contributed by atoms with Crippen LogP contribution in [-0.2, 0) is 7.05 Å². The van der Waals surface area contributed by atoms with E-state index in [4.69, 9.17) is 0 Å². The van der Waals surface area contributed by atoms with E-state index < -0.39 is 5.69 Å². The highest BCUT2D eigenvalue weighted by Gasteiger charge is 2.34. The summed E-state index contributed by atoms with van der Waals surface area (Å²) in [4.78, 5) is 31.3. The van der Waals surface area contributed by atoms with Gasteiger partial charge in [0.15, 0.2) is 11.2 Å². The molecule has 0 spiro atoms. The summed E-state index contributed by atoms with van der Waals surface area (Å²) in [5.41, 5.74) is 1.41. The molecule has 1 aliphatic rings. The van der Waals surface area contributed by atoms with Gasteiger partial charge in [0.25, 0.3) is 5.56 Å². The van der Waals surface area contributed by atoms with Crippen molar-refractivity contribution >= 4 is 16.9 Å². The molecule has 3 heterocycles. The molecule has 7 heteroatoms. The van der Waals surface area contributed by atoms with E-state index in [2.05, 4.69) is 42.2 Å². The number of nitrogens with one attached hydrogen (secondary N) is 1. The van der Waals surface area contributed by atoms with Crippen molar-refractivity contribution in [1.29, 1.82) is 0 Å². The van der Waals surface area contributed by atoms with Crippen LogP contribution in [0.4, 0.5) is 0 Å². The Labute approximate surface area is 145 Å². The van der Waals surface area contributed by atoms with Gasteiger partial charge in [-0.25, -0.2) is 4.79 Å². The fourth-order valence-corrected chi connectivity index (χ4v) is 4.83. The predicted octanol–water partition coefficient (Wildman–Crippen LogP) is 2.37. The molecule has 1 aliphatic carbocycles. The highest BCUT2D eigenvalue weighted by molar-refractivity contribution is 5.75. The number of rotatable bonds is 1. The first-order valence-electron chi connectivity index (χ1n) is 8.87. The molecule has 0 bridgehead atoms. The molecule has 134 valence electrons. The van der Waals surface area contributed by atoms with Crippen LogP contribution in [0.15, 0.2) is 15.8 Å². The average Bonchev–Trinajstić information content (AvgIpc) is 2.97. The number of aryl methyl sites for hydroxylation is 2. The lowest BCUT2D eigenvalue weighted by Gasteiger charge is -2.39. The summed E-state index contributed by atoms with van der Waals surface area (Å²) >= 11 is 0. The summed E-state index contributed by atoms with van der Waals surface area (Å²) in [6, 6.07) is 0.351. The maximum atomic E-state index is 12.3. The van der Waals surface area contributed by atoms with Crippen LogP contribution in [-0.4, -0.2) is 23.5 Å². The molecule has 2 atom stereocenters. The molecule has 3 aromatic heterocycles. The molecule has 0 saturated heterocycles. The molecule has 1 saturated carbocycles. The Hall–Kier alpha value is -2.31. The lowest BCUT2D eigenvalue weighted by Crippen LogP contribution is -2.29. The molecular formula is C18H25N5O2. The molecule has 1 N–H and O–H groups in total. The zero-order valence-electron chi connectivity index (χ0n) is 15.5. The Morgan fingerprint density at radius 2 is 2.00 bits per heavy atom. The van der Waals surface area contributed by atoms with Crippen LogP contribution in [0.25, 0.3) is 16.9 Å². The number of aromatic amines is 1. The van der Waals surface area contributed by atoms with Gasteiger partial charge >= 0.3 is 5.69 Å². The number of fused-ring (bicyclic) bond motifs is 3. The smallest absolute Gasteiger partial charge is 0.311 e. The van der Waals surface area contributed by atoms with Crippen molar-refractivity contribution in [2.24, 2.45) is 18.4 Å². The van der Waals surface area contributed by atoms with Crippen LogP contribution in [0.5, 0.6) is 0 Å². The largest absolute Gasteiger partial charge is 0.329 e. The van der Waals surface area contributed by atoms with Crippen molar-refractivity contribution in [2.45, 2.75) is 53.0 Å². The summed E-state index contributed by atoms with van der Waals surface area (Å²) in [7, 11) is 1.63. The van der Waals surface area contributed by atoms with Crippen LogP contribution in [0, 0.1) is 18.3 Å². The van der Waals surface area contributed by atoms with E-state index in [0.717, 1.165) is 24.3 Å². The van der Waals surface area contributed by atoms with Crippen molar-refractivity contribution in [3.8, 4) is 0 Å². The highest BCUT2D eigenvalue weighted by Crippen LogP contribution is 2.44. The minimum absolute atomic E-state index is 0.284. The Morgan fingerprint density at radius 3 is 2.68 bits per heavy atom. The van der Waals surface area contributed by atoms with Gasteiger partial charge in [0.1, 0.15) is 0 Å². The second-order valence-electron chi connectivity index (χ2n) is 8.48. The number of aromatic nitrogens is 5. The third-order valence-corrected chi connectivity index (χ3v) is 5.57. The third kappa shape index (κ3) is 2.36. The first-order valence-corrected chi connectivity index (χ1v) is 8.87. The first-order chi connectivity index (χ1) is 11.7. The average molecular weight is 343 g/mol. The van der Waals surface area contributed by atoms with E-state index in [-0.39, 0.29) is 11.0 Å². The Kier molecular flexibility index (Phi) is 3.30. The number of imidazole rings is 2. The minimum atomic E-state index is -0.436. The van der Waals surface area contributed by atoms with Crippen LogP contribution >= 0.6 is 0 Å². The van der Waals surface area contributed by atoms with Gasteiger partial charge in [0.2, 0.25) is 5.78 Å². The van der Waals surface area contributed by atoms with E-state index in [1.54, 1.807) is 7.05 Å². The van der Waals surface area contributed by atoms with Gasteiger partial charge in [-0.2, -0.15) is 4.98 Å². The number of hydrogen-bond donors (Lipinski definition) is 1. The van der Waals surface area contributed by atoms with Crippen molar-refractivity contribution in [3.05, 3.63) is 32.7 Å². The molecule has 0 radical (unpaired) electrons. The molecule has 4 rings (SSSR count). The van der Waals surface area contributed by atoms with Crippen LogP contribution in [0.3, 0.4) is 0 Å². The van der Waals surface area contributed by atoms with E-state index in [1.807, 2.05) is 10.6 Å². The summed E-state index contributed by atoms with van der Waals surface area (Å²) in [6.07, 6.45) is 5.37. The second kappa shape index (κ2) is 5.09.